The van der Waals surface area contributed by atoms with Crippen LogP contribution in [-0.4, -0.2) is 86.5 Å². The lowest BCUT2D eigenvalue weighted by Gasteiger charge is -2.39. The van der Waals surface area contributed by atoms with Crippen molar-refractivity contribution < 1.29 is 22.9 Å². The summed E-state index contributed by atoms with van der Waals surface area (Å²) in [6, 6.07) is 30.0. The minimum atomic E-state index is -4.44. The Morgan fingerprint density at radius 3 is 2.19 bits per heavy atom. The van der Waals surface area contributed by atoms with Crippen molar-refractivity contribution >= 4 is 50.7 Å². The first-order valence-electron chi connectivity index (χ1n) is 17.5. The Kier molecular flexibility index (Phi) is 13.5. The van der Waals surface area contributed by atoms with E-state index in [0.717, 1.165) is 54.7 Å². The number of nitro groups is 1. The first-order valence-corrected chi connectivity index (χ1v) is 20.0. The third-order valence-electron chi connectivity index (χ3n) is 9.18. The summed E-state index contributed by atoms with van der Waals surface area (Å²) < 4.78 is 28.7. The normalized spacial score (nSPS) is 14.1. The molecule has 0 bridgehead atoms. The van der Waals surface area contributed by atoms with Gasteiger partial charge in [-0.25, -0.2) is 13.1 Å². The summed E-state index contributed by atoms with van der Waals surface area (Å²) in [6.45, 7) is 4.34. The highest BCUT2D eigenvalue weighted by Crippen LogP contribution is 2.30. The molecule has 1 fully saturated rings. The summed E-state index contributed by atoms with van der Waals surface area (Å²) >= 11 is 1.63. The third-order valence-corrected chi connectivity index (χ3v) is 11.7. The molecule has 0 aromatic heterocycles. The predicted molar refractivity (Wildman–Crippen MR) is 210 cm³/mol. The van der Waals surface area contributed by atoms with E-state index in [0.29, 0.717) is 18.7 Å². The Balaban J connectivity index is 1.21. The largest absolute Gasteiger partial charge is 0.376 e. The Morgan fingerprint density at radius 2 is 1.58 bits per heavy atom. The van der Waals surface area contributed by atoms with E-state index in [2.05, 4.69) is 14.9 Å². The standard InChI is InChI=1S/C39H46N6O6S2/c1-29(46)44(27-30-10-6-4-7-11-30)34-21-24-43(25-22-34)33-16-14-31(15-17-33)39(47)41-53(50,51)36-18-19-37(38(26-36)45(48)49)40-32(20-23-42(2)3)28-52-35-12-8-5-9-13-35/h4-19,26,32,34,40H,20-25,27-28H2,1-3H3,(H,41,47)/t32-/m1/s1. The number of anilines is 2. The Bertz CT molecular complexity index is 1960. The molecule has 1 aliphatic heterocycles. The Labute approximate surface area is 315 Å². The molecule has 2 amide bonds. The van der Waals surface area contributed by atoms with Crippen LogP contribution in [0.15, 0.2) is 113 Å². The third kappa shape index (κ3) is 11.0. The molecule has 0 radical (unpaired) electrons. The number of nitro benzene ring substituents is 1. The van der Waals surface area contributed by atoms with Gasteiger partial charge in [0.25, 0.3) is 21.6 Å². The van der Waals surface area contributed by atoms with E-state index in [1.54, 1.807) is 43.0 Å². The van der Waals surface area contributed by atoms with Crippen molar-refractivity contribution in [2.45, 2.75) is 54.6 Å². The molecule has 4 aromatic carbocycles. The zero-order valence-corrected chi connectivity index (χ0v) is 31.8. The average molecular weight is 759 g/mol. The molecule has 2 N–H and O–H groups in total. The number of rotatable bonds is 16. The summed E-state index contributed by atoms with van der Waals surface area (Å²) in [7, 11) is -0.530. The zero-order valence-electron chi connectivity index (χ0n) is 30.2. The number of nitrogens with zero attached hydrogens (tertiary/aromatic N) is 4. The number of piperidine rings is 1. The highest BCUT2D eigenvalue weighted by molar-refractivity contribution is 7.99. The molecule has 0 spiro atoms. The lowest BCUT2D eigenvalue weighted by atomic mass is 10.0. The Morgan fingerprint density at radius 1 is 0.943 bits per heavy atom. The lowest BCUT2D eigenvalue weighted by molar-refractivity contribution is -0.384. The van der Waals surface area contributed by atoms with Gasteiger partial charge in [-0.05, 0) is 94.0 Å². The number of hydrogen-bond acceptors (Lipinski definition) is 10. The second kappa shape index (κ2) is 18.2. The van der Waals surface area contributed by atoms with Crippen LogP contribution in [0.1, 0.15) is 42.1 Å². The monoisotopic (exact) mass is 758 g/mol. The maximum absolute atomic E-state index is 13.3. The average Bonchev–Trinajstić information content (AvgIpc) is 3.15. The lowest BCUT2D eigenvalue weighted by Crippen LogP contribution is -2.46. The number of amides is 2. The Hall–Kier alpha value is -4.92. The van der Waals surface area contributed by atoms with E-state index < -0.39 is 31.4 Å². The van der Waals surface area contributed by atoms with Gasteiger partial charge >= 0.3 is 0 Å². The number of thioether (sulfide) groups is 1. The highest BCUT2D eigenvalue weighted by atomic mass is 32.2. The molecule has 53 heavy (non-hydrogen) atoms. The van der Waals surface area contributed by atoms with Gasteiger partial charge in [-0.2, -0.15) is 0 Å². The first-order chi connectivity index (χ1) is 25.4. The number of carbonyl (C=O) groups excluding carboxylic acids is 2. The maximum atomic E-state index is 13.3. The minimum absolute atomic E-state index is 0.0396. The summed E-state index contributed by atoms with van der Waals surface area (Å²) in [5.41, 5.74) is 1.89. The van der Waals surface area contributed by atoms with Crippen LogP contribution in [0.2, 0.25) is 0 Å². The van der Waals surface area contributed by atoms with Crippen molar-refractivity contribution in [1.82, 2.24) is 14.5 Å². The fourth-order valence-electron chi connectivity index (χ4n) is 6.27. The second-order valence-corrected chi connectivity index (χ2v) is 16.1. The summed E-state index contributed by atoms with van der Waals surface area (Å²) in [4.78, 5) is 43.9. The van der Waals surface area contributed by atoms with Crippen molar-refractivity contribution in [3.05, 3.63) is 124 Å². The molecule has 1 atom stereocenters. The molecule has 0 saturated carbocycles. The molecule has 14 heteroatoms. The van der Waals surface area contributed by atoms with E-state index in [1.807, 2.05) is 84.6 Å². The van der Waals surface area contributed by atoms with Crippen LogP contribution in [0.5, 0.6) is 0 Å². The molecular weight excluding hydrogens is 713 g/mol. The fraction of sp³-hybridized carbons (Fsp3) is 0.333. The van der Waals surface area contributed by atoms with E-state index in [1.165, 1.54) is 12.1 Å². The topological polar surface area (TPSA) is 145 Å². The SMILES string of the molecule is CC(=O)N(Cc1ccccc1)C1CCN(c2ccc(C(=O)NS(=O)(=O)c3ccc(N[C@H](CCN(C)C)CSc4ccccc4)c([N+](=O)[O-])c3)cc2)CC1. The smallest absolute Gasteiger partial charge is 0.293 e. The van der Waals surface area contributed by atoms with Crippen molar-refractivity contribution in [3.8, 4) is 0 Å². The molecule has 280 valence electrons. The quantitative estimate of drug-likeness (QED) is 0.0764. The van der Waals surface area contributed by atoms with E-state index >= 15 is 0 Å². The van der Waals surface area contributed by atoms with Gasteiger partial charge in [-0.3, -0.25) is 19.7 Å². The maximum Gasteiger partial charge on any atom is 0.293 e. The van der Waals surface area contributed by atoms with Crippen LogP contribution < -0.4 is 14.9 Å². The first kappa shape index (κ1) is 39.3. The molecule has 4 aromatic rings. The van der Waals surface area contributed by atoms with Crippen LogP contribution in [0.4, 0.5) is 17.1 Å². The van der Waals surface area contributed by atoms with Gasteiger partial charge in [0.15, 0.2) is 0 Å². The molecule has 0 unspecified atom stereocenters. The molecular formula is C39H46N6O6S2. The molecule has 1 saturated heterocycles. The van der Waals surface area contributed by atoms with Crippen LogP contribution in [0, 0.1) is 10.1 Å². The molecule has 5 rings (SSSR count). The number of carbonyl (C=O) groups is 2. The molecule has 1 aliphatic rings. The van der Waals surface area contributed by atoms with Crippen molar-refractivity contribution in [2.24, 2.45) is 0 Å². The van der Waals surface area contributed by atoms with Gasteiger partial charge in [0.2, 0.25) is 5.91 Å². The minimum Gasteiger partial charge on any atom is -0.376 e. The molecule has 12 nitrogen and oxygen atoms in total. The van der Waals surface area contributed by atoms with E-state index in [4.69, 9.17) is 0 Å². The van der Waals surface area contributed by atoms with Crippen LogP contribution >= 0.6 is 11.8 Å². The van der Waals surface area contributed by atoms with Gasteiger partial charge in [-0.15, -0.1) is 11.8 Å². The number of benzene rings is 4. The summed E-state index contributed by atoms with van der Waals surface area (Å²) in [5.74, 6) is -0.173. The van der Waals surface area contributed by atoms with Gasteiger partial charge < -0.3 is 20.0 Å². The second-order valence-electron chi connectivity index (χ2n) is 13.3. The van der Waals surface area contributed by atoms with E-state index in [-0.39, 0.29) is 29.2 Å². The van der Waals surface area contributed by atoms with Crippen LogP contribution in [-0.2, 0) is 21.4 Å². The van der Waals surface area contributed by atoms with Crippen molar-refractivity contribution in [2.75, 3.05) is 49.7 Å². The zero-order chi connectivity index (χ0) is 38.0. The molecule has 1 heterocycles. The van der Waals surface area contributed by atoms with Gasteiger partial charge in [-0.1, -0.05) is 48.5 Å². The molecule has 0 aliphatic carbocycles. The van der Waals surface area contributed by atoms with Crippen molar-refractivity contribution in [1.29, 1.82) is 0 Å². The summed E-state index contributed by atoms with van der Waals surface area (Å²) in [6.07, 6.45) is 2.28. The fourth-order valence-corrected chi connectivity index (χ4v) is 8.26. The van der Waals surface area contributed by atoms with Gasteiger partial charge in [0, 0.05) is 66.6 Å². The van der Waals surface area contributed by atoms with Crippen LogP contribution in [0.25, 0.3) is 0 Å². The van der Waals surface area contributed by atoms with Gasteiger partial charge in [0.1, 0.15) is 5.69 Å². The number of hydrogen-bond donors (Lipinski definition) is 2. The number of sulfonamides is 1. The number of nitrogens with one attached hydrogen (secondary N) is 2. The van der Waals surface area contributed by atoms with Gasteiger partial charge in [0.05, 0.1) is 9.82 Å². The van der Waals surface area contributed by atoms with Crippen LogP contribution in [0.3, 0.4) is 0 Å². The predicted octanol–water partition coefficient (Wildman–Crippen LogP) is 6.26. The highest BCUT2D eigenvalue weighted by Gasteiger charge is 2.28. The van der Waals surface area contributed by atoms with Crippen molar-refractivity contribution in [3.63, 3.8) is 0 Å². The van der Waals surface area contributed by atoms with E-state index in [9.17, 15) is 28.1 Å². The summed E-state index contributed by atoms with van der Waals surface area (Å²) in [5, 5.41) is 15.4.